The van der Waals surface area contributed by atoms with Crippen molar-refractivity contribution in [2.45, 2.75) is 19.4 Å². The SMILES string of the molecule is CN1CCN(c2ccc(CNC(=O)CCc3ccc(Cl)cc3Cl)cc2)CC1. The minimum absolute atomic E-state index is 0.0177. The minimum Gasteiger partial charge on any atom is -0.369 e. The molecule has 0 saturated carbocycles. The van der Waals surface area contributed by atoms with Gasteiger partial charge in [0.2, 0.25) is 5.91 Å². The summed E-state index contributed by atoms with van der Waals surface area (Å²) in [4.78, 5) is 16.9. The number of hydrogen-bond donors (Lipinski definition) is 1. The molecule has 0 aliphatic carbocycles. The summed E-state index contributed by atoms with van der Waals surface area (Å²) in [6, 6.07) is 13.8. The molecular formula is C21H25Cl2N3O. The highest BCUT2D eigenvalue weighted by Crippen LogP contribution is 2.22. The summed E-state index contributed by atoms with van der Waals surface area (Å²) in [6.07, 6.45) is 1.00. The molecule has 6 heteroatoms. The predicted octanol–water partition coefficient (Wildman–Crippen LogP) is 3.99. The van der Waals surface area contributed by atoms with E-state index in [9.17, 15) is 4.79 Å². The molecule has 2 aromatic carbocycles. The van der Waals surface area contributed by atoms with Crippen molar-refractivity contribution in [2.24, 2.45) is 0 Å². The molecule has 1 saturated heterocycles. The van der Waals surface area contributed by atoms with Crippen molar-refractivity contribution in [1.82, 2.24) is 10.2 Å². The van der Waals surface area contributed by atoms with Crippen LogP contribution in [0.15, 0.2) is 42.5 Å². The second-order valence-electron chi connectivity index (χ2n) is 6.97. The number of benzene rings is 2. The number of rotatable bonds is 6. The summed E-state index contributed by atoms with van der Waals surface area (Å²) in [5.74, 6) is 0.0177. The number of nitrogens with one attached hydrogen (secondary N) is 1. The maximum absolute atomic E-state index is 12.1. The topological polar surface area (TPSA) is 35.6 Å². The number of hydrogen-bond acceptors (Lipinski definition) is 3. The number of nitrogens with zero attached hydrogens (tertiary/aromatic N) is 2. The number of carbonyl (C=O) groups is 1. The van der Waals surface area contributed by atoms with Crippen LogP contribution in [0.1, 0.15) is 17.5 Å². The van der Waals surface area contributed by atoms with E-state index in [0.717, 1.165) is 37.3 Å². The first-order chi connectivity index (χ1) is 13.0. The van der Waals surface area contributed by atoms with E-state index in [-0.39, 0.29) is 5.91 Å². The smallest absolute Gasteiger partial charge is 0.220 e. The first-order valence-electron chi connectivity index (χ1n) is 9.24. The van der Waals surface area contributed by atoms with E-state index in [0.29, 0.717) is 29.4 Å². The molecule has 27 heavy (non-hydrogen) atoms. The van der Waals surface area contributed by atoms with Gasteiger partial charge in [0.05, 0.1) is 0 Å². The molecule has 144 valence electrons. The van der Waals surface area contributed by atoms with E-state index in [1.54, 1.807) is 12.1 Å². The van der Waals surface area contributed by atoms with Gasteiger partial charge in [0.15, 0.2) is 0 Å². The van der Waals surface area contributed by atoms with Crippen molar-refractivity contribution in [1.29, 1.82) is 0 Å². The van der Waals surface area contributed by atoms with E-state index in [1.807, 2.05) is 6.07 Å². The zero-order valence-corrected chi connectivity index (χ0v) is 17.1. The first kappa shape index (κ1) is 20.0. The Morgan fingerprint density at radius 1 is 1.04 bits per heavy atom. The lowest BCUT2D eigenvalue weighted by Gasteiger charge is -2.34. The maximum Gasteiger partial charge on any atom is 0.220 e. The Labute approximate surface area is 171 Å². The van der Waals surface area contributed by atoms with Crippen LogP contribution in [-0.4, -0.2) is 44.0 Å². The second-order valence-corrected chi connectivity index (χ2v) is 7.81. The van der Waals surface area contributed by atoms with Gasteiger partial charge >= 0.3 is 0 Å². The van der Waals surface area contributed by atoms with Crippen molar-refractivity contribution >= 4 is 34.8 Å². The molecule has 1 fully saturated rings. The second kappa shape index (κ2) is 9.45. The van der Waals surface area contributed by atoms with Gasteiger partial charge in [-0.25, -0.2) is 0 Å². The van der Waals surface area contributed by atoms with Gasteiger partial charge < -0.3 is 15.1 Å². The number of amides is 1. The Balaban J connectivity index is 1.44. The first-order valence-corrected chi connectivity index (χ1v) is 10.00. The number of likely N-dealkylation sites (N-methyl/N-ethyl adjacent to an activating group) is 1. The molecule has 1 aliphatic heterocycles. The predicted molar refractivity (Wildman–Crippen MR) is 113 cm³/mol. The zero-order valence-electron chi connectivity index (χ0n) is 15.5. The molecule has 1 N–H and O–H groups in total. The minimum atomic E-state index is 0.0177. The largest absolute Gasteiger partial charge is 0.369 e. The van der Waals surface area contributed by atoms with E-state index in [2.05, 4.69) is 46.4 Å². The highest BCUT2D eigenvalue weighted by molar-refractivity contribution is 6.35. The van der Waals surface area contributed by atoms with E-state index >= 15 is 0 Å². The lowest BCUT2D eigenvalue weighted by atomic mass is 10.1. The number of anilines is 1. The van der Waals surface area contributed by atoms with E-state index in [4.69, 9.17) is 23.2 Å². The van der Waals surface area contributed by atoms with Crippen LogP contribution in [0.5, 0.6) is 0 Å². The summed E-state index contributed by atoms with van der Waals surface area (Å²) < 4.78 is 0. The van der Waals surface area contributed by atoms with Crippen LogP contribution >= 0.6 is 23.2 Å². The van der Waals surface area contributed by atoms with Crippen LogP contribution in [0.2, 0.25) is 10.0 Å². The third kappa shape index (κ3) is 5.86. The van der Waals surface area contributed by atoms with Gasteiger partial charge in [0.25, 0.3) is 0 Å². The normalized spacial score (nSPS) is 15.0. The summed E-state index contributed by atoms with van der Waals surface area (Å²) >= 11 is 12.0. The average molecular weight is 406 g/mol. The van der Waals surface area contributed by atoms with Crippen LogP contribution in [-0.2, 0) is 17.8 Å². The molecule has 1 amide bonds. The Bertz CT molecular complexity index is 771. The number of piperazine rings is 1. The highest BCUT2D eigenvalue weighted by atomic mass is 35.5. The quantitative estimate of drug-likeness (QED) is 0.788. The van der Waals surface area contributed by atoms with Crippen LogP contribution in [0.3, 0.4) is 0 Å². The van der Waals surface area contributed by atoms with Crippen LogP contribution in [0.25, 0.3) is 0 Å². The van der Waals surface area contributed by atoms with Crippen LogP contribution < -0.4 is 10.2 Å². The molecule has 0 aromatic heterocycles. The zero-order chi connectivity index (χ0) is 19.2. The third-order valence-electron chi connectivity index (χ3n) is 4.93. The van der Waals surface area contributed by atoms with Crippen LogP contribution in [0.4, 0.5) is 5.69 Å². The lowest BCUT2D eigenvalue weighted by Crippen LogP contribution is -2.44. The van der Waals surface area contributed by atoms with Crippen LogP contribution in [0, 0.1) is 0 Å². The number of carbonyl (C=O) groups excluding carboxylic acids is 1. The molecule has 2 aromatic rings. The molecular weight excluding hydrogens is 381 g/mol. The van der Waals surface area contributed by atoms with Gasteiger partial charge in [-0.15, -0.1) is 0 Å². The molecule has 0 unspecified atom stereocenters. The van der Waals surface area contributed by atoms with Crippen molar-refractivity contribution < 1.29 is 4.79 Å². The van der Waals surface area contributed by atoms with Crippen molar-refractivity contribution in [3.63, 3.8) is 0 Å². The maximum atomic E-state index is 12.1. The molecule has 1 heterocycles. The lowest BCUT2D eigenvalue weighted by molar-refractivity contribution is -0.121. The fraction of sp³-hybridized carbons (Fsp3) is 0.381. The van der Waals surface area contributed by atoms with Gasteiger partial charge in [-0.1, -0.05) is 41.4 Å². The summed E-state index contributed by atoms with van der Waals surface area (Å²) in [6.45, 7) is 4.83. The average Bonchev–Trinajstić information content (AvgIpc) is 2.67. The van der Waals surface area contributed by atoms with E-state index < -0.39 is 0 Å². The third-order valence-corrected chi connectivity index (χ3v) is 5.52. The van der Waals surface area contributed by atoms with Gasteiger partial charge in [0.1, 0.15) is 0 Å². The monoisotopic (exact) mass is 405 g/mol. The Morgan fingerprint density at radius 3 is 2.41 bits per heavy atom. The molecule has 3 rings (SSSR count). The van der Waals surface area contributed by atoms with Gasteiger partial charge in [-0.2, -0.15) is 0 Å². The number of halogens is 2. The highest BCUT2D eigenvalue weighted by Gasteiger charge is 2.14. The Hall–Kier alpha value is -1.75. The molecule has 4 nitrogen and oxygen atoms in total. The van der Waals surface area contributed by atoms with Gasteiger partial charge in [-0.05, 0) is 48.9 Å². The fourth-order valence-electron chi connectivity index (χ4n) is 3.15. The van der Waals surface area contributed by atoms with Crippen molar-refractivity contribution in [3.05, 3.63) is 63.6 Å². The van der Waals surface area contributed by atoms with Crippen molar-refractivity contribution in [2.75, 3.05) is 38.1 Å². The van der Waals surface area contributed by atoms with E-state index in [1.165, 1.54) is 5.69 Å². The van der Waals surface area contributed by atoms with Gasteiger partial charge in [-0.3, -0.25) is 4.79 Å². The number of aryl methyl sites for hydroxylation is 1. The Kier molecular flexibility index (Phi) is 7.00. The standard InChI is InChI=1S/C21H25Cl2N3O/c1-25-10-12-26(13-11-25)19-7-2-16(3-8-19)15-24-21(27)9-5-17-4-6-18(22)14-20(17)23/h2-4,6-8,14H,5,9-13,15H2,1H3,(H,24,27). The Morgan fingerprint density at radius 2 is 1.74 bits per heavy atom. The molecule has 0 bridgehead atoms. The molecule has 0 spiro atoms. The molecule has 0 atom stereocenters. The molecule has 0 radical (unpaired) electrons. The fourth-order valence-corrected chi connectivity index (χ4v) is 3.65. The summed E-state index contributed by atoms with van der Waals surface area (Å²) in [5, 5.41) is 4.19. The summed E-state index contributed by atoms with van der Waals surface area (Å²) in [5.41, 5.74) is 3.29. The van der Waals surface area contributed by atoms with Crippen molar-refractivity contribution in [3.8, 4) is 0 Å². The van der Waals surface area contributed by atoms with Gasteiger partial charge in [0, 0.05) is 54.9 Å². The summed E-state index contributed by atoms with van der Waals surface area (Å²) in [7, 11) is 2.16. The molecule has 1 aliphatic rings.